The maximum Gasteiger partial charge on any atom is 0.235 e. The molecule has 7 nitrogen and oxygen atoms in total. The normalized spacial score (nSPS) is 20.2. The number of amides is 1. The van der Waals surface area contributed by atoms with E-state index in [1.54, 1.807) is 6.92 Å². The molecule has 1 saturated heterocycles. The van der Waals surface area contributed by atoms with E-state index in [-0.39, 0.29) is 30.9 Å². The summed E-state index contributed by atoms with van der Waals surface area (Å²) >= 11 is 0. The lowest BCUT2D eigenvalue weighted by Gasteiger charge is -2.23. The predicted octanol–water partition coefficient (Wildman–Crippen LogP) is -1.19. The summed E-state index contributed by atoms with van der Waals surface area (Å²) in [5.74, 6) is -0.423. The maximum absolute atomic E-state index is 11.6. The van der Waals surface area contributed by atoms with Gasteiger partial charge >= 0.3 is 0 Å². The molecule has 0 aromatic carbocycles. The first-order valence-corrected chi connectivity index (χ1v) is 8.24. The molecular formula is C11H23N3O4S. The van der Waals surface area contributed by atoms with Crippen LogP contribution >= 0.6 is 0 Å². The summed E-state index contributed by atoms with van der Waals surface area (Å²) in [4.78, 5) is 11.6. The Bertz CT molecular complexity index is 366. The number of carbonyl (C=O) groups excluding carboxylic acids is 1. The molecule has 0 radical (unpaired) electrons. The smallest absolute Gasteiger partial charge is 0.235 e. The van der Waals surface area contributed by atoms with Crippen molar-refractivity contribution >= 4 is 15.9 Å². The zero-order valence-electron chi connectivity index (χ0n) is 11.3. The Kier molecular flexibility index (Phi) is 7.29. The van der Waals surface area contributed by atoms with Crippen molar-refractivity contribution in [3.8, 4) is 0 Å². The van der Waals surface area contributed by atoms with Crippen molar-refractivity contribution < 1.29 is 17.9 Å². The first-order valence-electron chi connectivity index (χ1n) is 6.58. The molecule has 1 amide bonds. The SMILES string of the molecule is CCOCCS(=O)(=O)NCC(=O)NC1CCCNC1. The van der Waals surface area contributed by atoms with Gasteiger partial charge in [-0.3, -0.25) is 4.79 Å². The lowest BCUT2D eigenvalue weighted by molar-refractivity contribution is -0.120. The fraction of sp³-hybridized carbons (Fsp3) is 0.909. The molecule has 1 fully saturated rings. The number of hydrogen-bond acceptors (Lipinski definition) is 5. The predicted molar refractivity (Wildman–Crippen MR) is 72.3 cm³/mol. The molecule has 1 atom stereocenters. The van der Waals surface area contributed by atoms with Gasteiger partial charge < -0.3 is 15.4 Å². The second-order valence-corrected chi connectivity index (χ2v) is 6.37. The number of hydrogen-bond donors (Lipinski definition) is 3. The molecule has 0 aliphatic carbocycles. The van der Waals surface area contributed by atoms with Crippen LogP contribution in [0.5, 0.6) is 0 Å². The zero-order valence-corrected chi connectivity index (χ0v) is 12.1. The summed E-state index contributed by atoms with van der Waals surface area (Å²) in [6.07, 6.45) is 1.95. The summed E-state index contributed by atoms with van der Waals surface area (Å²) in [5.41, 5.74) is 0. The van der Waals surface area contributed by atoms with Crippen molar-refractivity contribution in [1.82, 2.24) is 15.4 Å². The standard InChI is InChI=1S/C11H23N3O4S/c1-2-18-6-7-19(16,17)13-9-11(15)14-10-4-3-5-12-8-10/h10,12-13H,2-9H2,1H3,(H,14,15). The molecule has 19 heavy (non-hydrogen) atoms. The Morgan fingerprint density at radius 1 is 1.47 bits per heavy atom. The molecule has 8 heteroatoms. The highest BCUT2D eigenvalue weighted by Crippen LogP contribution is 2.00. The van der Waals surface area contributed by atoms with Crippen molar-refractivity contribution in [3.05, 3.63) is 0 Å². The summed E-state index contributed by atoms with van der Waals surface area (Å²) in [7, 11) is -3.44. The Hall–Kier alpha value is -0.700. The lowest BCUT2D eigenvalue weighted by atomic mass is 10.1. The molecule has 0 saturated carbocycles. The fourth-order valence-corrected chi connectivity index (χ4v) is 2.65. The van der Waals surface area contributed by atoms with E-state index in [4.69, 9.17) is 4.74 Å². The minimum Gasteiger partial charge on any atom is -0.381 e. The number of piperidine rings is 1. The van der Waals surface area contributed by atoms with Gasteiger partial charge in [-0.25, -0.2) is 13.1 Å². The quantitative estimate of drug-likeness (QED) is 0.489. The maximum atomic E-state index is 11.6. The highest BCUT2D eigenvalue weighted by Gasteiger charge is 2.17. The molecule has 0 aromatic heterocycles. The van der Waals surface area contributed by atoms with Crippen LogP contribution in [0.3, 0.4) is 0 Å². The van der Waals surface area contributed by atoms with Gasteiger partial charge in [-0.05, 0) is 26.3 Å². The summed E-state index contributed by atoms with van der Waals surface area (Å²) in [6.45, 7) is 3.90. The second-order valence-electron chi connectivity index (χ2n) is 4.45. The molecule has 0 aromatic rings. The van der Waals surface area contributed by atoms with E-state index in [0.717, 1.165) is 25.9 Å². The van der Waals surface area contributed by atoms with Gasteiger partial charge in [0.05, 0.1) is 18.9 Å². The molecule has 1 heterocycles. The van der Waals surface area contributed by atoms with Crippen molar-refractivity contribution in [2.24, 2.45) is 0 Å². The van der Waals surface area contributed by atoms with E-state index in [1.165, 1.54) is 0 Å². The van der Waals surface area contributed by atoms with Gasteiger partial charge in [0.15, 0.2) is 0 Å². The highest BCUT2D eigenvalue weighted by atomic mass is 32.2. The Morgan fingerprint density at radius 3 is 2.89 bits per heavy atom. The number of carbonyl (C=O) groups is 1. The first-order chi connectivity index (χ1) is 9.03. The van der Waals surface area contributed by atoms with Gasteiger partial charge in [-0.15, -0.1) is 0 Å². The number of rotatable bonds is 8. The third kappa shape index (κ3) is 7.46. The Morgan fingerprint density at radius 2 is 2.26 bits per heavy atom. The van der Waals surface area contributed by atoms with Crippen LogP contribution in [0.1, 0.15) is 19.8 Å². The molecule has 0 spiro atoms. The van der Waals surface area contributed by atoms with Crippen molar-refractivity contribution in [3.63, 3.8) is 0 Å². The topological polar surface area (TPSA) is 96.5 Å². The fourth-order valence-electron chi connectivity index (χ4n) is 1.81. The van der Waals surface area contributed by atoms with E-state index in [9.17, 15) is 13.2 Å². The van der Waals surface area contributed by atoms with Gasteiger partial charge in [0.25, 0.3) is 0 Å². The third-order valence-electron chi connectivity index (χ3n) is 2.82. The zero-order chi connectivity index (χ0) is 14.1. The average molecular weight is 293 g/mol. The van der Waals surface area contributed by atoms with Gasteiger partial charge in [0.2, 0.25) is 15.9 Å². The van der Waals surface area contributed by atoms with Crippen LogP contribution in [0, 0.1) is 0 Å². The van der Waals surface area contributed by atoms with Crippen molar-refractivity contribution in [1.29, 1.82) is 0 Å². The van der Waals surface area contributed by atoms with Crippen LogP contribution in [0.4, 0.5) is 0 Å². The van der Waals surface area contributed by atoms with E-state index in [1.807, 2.05) is 0 Å². The van der Waals surface area contributed by atoms with Gasteiger partial charge in [0.1, 0.15) is 0 Å². The van der Waals surface area contributed by atoms with Crippen molar-refractivity contribution in [2.45, 2.75) is 25.8 Å². The summed E-state index contributed by atoms with van der Waals surface area (Å²) < 4.78 is 30.3. The Labute approximate surface area is 114 Å². The minimum absolute atomic E-state index is 0.0918. The van der Waals surface area contributed by atoms with Gasteiger partial charge in [-0.1, -0.05) is 0 Å². The van der Waals surface area contributed by atoms with Gasteiger partial charge in [0, 0.05) is 19.2 Å². The molecule has 1 unspecified atom stereocenters. The van der Waals surface area contributed by atoms with Crippen LogP contribution < -0.4 is 15.4 Å². The number of ether oxygens (including phenoxy) is 1. The molecular weight excluding hydrogens is 270 g/mol. The lowest BCUT2D eigenvalue weighted by Crippen LogP contribution is -2.48. The van der Waals surface area contributed by atoms with E-state index >= 15 is 0 Å². The number of sulfonamides is 1. The van der Waals surface area contributed by atoms with Crippen LogP contribution in [-0.4, -0.2) is 59.0 Å². The first kappa shape index (κ1) is 16.4. The number of nitrogens with one attached hydrogen (secondary N) is 3. The molecule has 0 bridgehead atoms. The van der Waals surface area contributed by atoms with Crippen molar-refractivity contribution in [2.75, 3.05) is 38.6 Å². The molecule has 1 aliphatic rings. The van der Waals surface area contributed by atoms with Crippen LogP contribution in [-0.2, 0) is 19.6 Å². The highest BCUT2D eigenvalue weighted by molar-refractivity contribution is 7.89. The summed E-state index contributed by atoms with van der Waals surface area (Å²) in [6, 6.07) is 0.0918. The monoisotopic (exact) mass is 293 g/mol. The molecule has 112 valence electrons. The van der Waals surface area contributed by atoms with E-state index in [0.29, 0.717) is 6.61 Å². The minimum atomic E-state index is -3.44. The van der Waals surface area contributed by atoms with Crippen LogP contribution in [0.25, 0.3) is 0 Å². The van der Waals surface area contributed by atoms with Crippen LogP contribution in [0.15, 0.2) is 0 Å². The van der Waals surface area contributed by atoms with E-state index < -0.39 is 10.0 Å². The summed E-state index contributed by atoms with van der Waals surface area (Å²) in [5, 5.41) is 5.98. The molecule has 3 N–H and O–H groups in total. The molecule has 1 rings (SSSR count). The van der Waals surface area contributed by atoms with E-state index in [2.05, 4.69) is 15.4 Å². The largest absolute Gasteiger partial charge is 0.381 e. The average Bonchev–Trinajstić information content (AvgIpc) is 2.38. The Balaban J connectivity index is 2.21. The molecule has 1 aliphatic heterocycles. The van der Waals surface area contributed by atoms with Gasteiger partial charge in [-0.2, -0.15) is 0 Å². The second kappa shape index (κ2) is 8.47. The third-order valence-corrected chi connectivity index (χ3v) is 4.10. The van der Waals surface area contributed by atoms with Crippen LogP contribution in [0.2, 0.25) is 0 Å².